The molecule has 0 radical (unpaired) electrons. The van der Waals surface area contributed by atoms with Crippen LogP contribution in [0.15, 0.2) is 24.4 Å². The number of aromatic nitrogens is 1. The minimum atomic E-state index is -0.232. The summed E-state index contributed by atoms with van der Waals surface area (Å²) in [6, 6.07) is 4.90. The molecule has 2 nitrogen and oxygen atoms in total. The van der Waals surface area contributed by atoms with Gasteiger partial charge < -0.3 is 9.36 Å². The molecule has 72 valence electrons. The molecule has 0 bridgehead atoms. The van der Waals surface area contributed by atoms with Crippen LogP contribution in [0.2, 0.25) is 0 Å². The van der Waals surface area contributed by atoms with Crippen molar-refractivity contribution in [1.82, 2.24) is 4.57 Å². The van der Waals surface area contributed by atoms with Gasteiger partial charge in [-0.1, -0.05) is 6.07 Å². The van der Waals surface area contributed by atoms with E-state index in [1.807, 2.05) is 13.0 Å². The molecule has 0 fully saturated rings. The van der Waals surface area contributed by atoms with E-state index in [1.165, 1.54) is 6.07 Å². The summed E-state index contributed by atoms with van der Waals surface area (Å²) >= 11 is 0. The second-order valence-corrected chi connectivity index (χ2v) is 3.27. The van der Waals surface area contributed by atoms with Gasteiger partial charge in [0.15, 0.2) is 0 Å². The first-order valence-corrected chi connectivity index (χ1v) is 4.41. The summed E-state index contributed by atoms with van der Waals surface area (Å²) in [6.45, 7) is 2.11. The van der Waals surface area contributed by atoms with Crippen LogP contribution >= 0.6 is 0 Å². The van der Waals surface area contributed by atoms with Crippen molar-refractivity contribution in [2.75, 3.05) is 0 Å². The number of hydrogen-bond donors (Lipinski definition) is 0. The molecule has 0 unspecified atom stereocenters. The Labute approximate surface area is 81.0 Å². The van der Waals surface area contributed by atoms with Gasteiger partial charge in [-0.3, -0.25) is 0 Å². The summed E-state index contributed by atoms with van der Waals surface area (Å²) in [5.74, 6) is -0.232. The Morgan fingerprint density at radius 3 is 3.00 bits per heavy atom. The normalized spacial score (nSPS) is 10.7. The molecule has 0 saturated heterocycles. The average molecular weight is 191 g/mol. The molecule has 0 aliphatic heterocycles. The van der Waals surface area contributed by atoms with Gasteiger partial charge in [0.1, 0.15) is 12.1 Å². The first-order chi connectivity index (χ1) is 6.74. The van der Waals surface area contributed by atoms with Crippen LogP contribution < -0.4 is 0 Å². The number of benzene rings is 1. The van der Waals surface area contributed by atoms with Crippen molar-refractivity contribution < 1.29 is 9.18 Å². The van der Waals surface area contributed by atoms with E-state index in [0.717, 1.165) is 17.4 Å². The van der Waals surface area contributed by atoms with Crippen LogP contribution in [0.25, 0.3) is 10.9 Å². The van der Waals surface area contributed by atoms with Crippen LogP contribution in [0, 0.1) is 12.7 Å². The number of nitrogens with zero attached hydrogens (tertiary/aromatic N) is 1. The van der Waals surface area contributed by atoms with Gasteiger partial charge in [0, 0.05) is 11.6 Å². The highest BCUT2D eigenvalue weighted by molar-refractivity contribution is 5.84. The molecular formula is C11H10FNO. The molecule has 1 heterocycles. The first-order valence-electron chi connectivity index (χ1n) is 4.41. The average Bonchev–Trinajstić information content (AvgIpc) is 2.46. The van der Waals surface area contributed by atoms with E-state index < -0.39 is 0 Å². The largest absolute Gasteiger partial charge is 0.340 e. The van der Waals surface area contributed by atoms with Gasteiger partial charge in [0.05, 0.1) is 12.1 Å². The van der Waals surface area contributed by atoms with Crippen LogP contribution in [0.4, 0.5) is 4.39 Å². The lowest BCUT2D eigenvalue weighted by Crippen LogP contribution is -1.95. The van der Waals surface area contributed by atoms with Crippen molar-refractivity contribution in [3.05, 3.63) is 35.8 Å². The predicted octanol–water partition coefficient (Wildman–Crippen LogP) is 2.29. The molecule has 2 aromatic rings. The molecule has 0 aliphatic rings. The number of aryl methyl sites for hydroxylation is 1. The Hall–Kier alpha value is -1.64. The van der Waals surface area contributed by atoms with Crippen LogP contribution in [-0.4, -0.2) is 10.9 Å². The molecule has 2 rings (SSSR count). The summed E-state index contributed by atoms with van der Waals surface area (Å²) in [5.41, 5.74) is 1.63. The summed E-state index contributed by atoms with van der Waals surface area (Å²) in [4.78, 5) is 10.4. The number of halogens is 1. The molecular weight excluding hydrogens is 181 g/mol. The lowest BCUT2D eigenvalue weighted by molar-refractivity contribution is -0.108. The fourth-order valence-electron chi connectivity index (χ4n) is 1.74. The number of carbonyl (C=O) groups is 1. The number of fused-ring (bicyclic) bond motifs is 1. The Balaban J connectivity index is 2.77. The summed E-state index contributed by atoms with van der Waals surface area (Å²) in [7, 11) is 0. The Morgan fingerprint density at radius 2 is 2.29 bits per heavy atom. The lowest BCUT2D eigenvalue weighted by Gasteiger charge is -1.98. The fourth-order valence-corrected chi connectivity index (χ4v) is 1.74. The third kappa shape index (κ3) is 1.21. The smallest absolute Gasteiger partial charge is 0.139 e. The lowest BCUT2D eigenvalue weighted by atomic mass is 10.2. The van der Waals surface area contributed by atoms with Crippen LogP contribution in [0.1, 0.15) is 5.56 Å². The van der Waals surface area contributed by atoms with E-state index in [4.69, 9.17) is 0 Å². The topological polar surface area (TPSA) is 22.0 Å². The van der Waals surface area contributed by atoms with Crippen molar-refractivity contribution in [2.45, 2.75) is 13.5 Å². The van der Waals surface area contributed by atoms with E-state index in [0.29, 0.717) is 5.39 Å². The SMILES string of the molecule is Cc1cn(CC=O)c2cccc(F)c12. The van der Waals surface area contributed by atoms with Crippen molar-refractivity contribution in [3.8, 4) is 0 Å². The molecule has 14 heavy (non-hydrogen) atoms. The zero-order valence-corrected chi connectivity index (χ0v) is 7.83. The van der Waals surface area contributed by atoms with Crippen molar-refractivity contribution >= 4 is 17.2 Å². The molecule has 0 N–H and O–H groups in total. The Morgan fingerprint density at radius 1 is 1.50 bits per heavy atom. The monoisotopic (exact) mass is 191 g/mol. The maximum atomic E-state index is 13.4. The third-order valence-electron chi connectivity index (χ3n) is 2.32. The number of aldehydes is 1. The molecule has 0 aliphatic carbocycles. The van der Waals surface area contributed by atoms with Crippen molar-refractivity contribution in [1.29, 1.82) is 0 Å². The molecule has 0 saturated carbocycles. The summed E-state index contributed by atoms with van der Waals surface area (Å²) in [6.07, 6.45) is 2.60. The fraction of sp³-hybridized carbons (Fsp3) is 0.182. The van der Waals surface area contributed by atoms with Crippen molar-refractivity contribution in [2.24, 2.45) is 0 Å². The summed E-state index contributed by atoms with van der Waals surface area (Å²) in [5, 5.41) is 0.606. The van der Waals surface area contributed by atoms with Crippen LogP contribution in [-0.2, 0) is 11.3 Å². The third-order valence-corrected chi connectivity index (χ3v) is 2.32. The maximum Gasteiger partial charge on any atom is 0.139 e. The van der Waals surface area contributed by atoms with Gasteiger partial charge in [0.25, 0.3) is 0 Å². The van der Waals surface area contributed by atoms with Gasteiger partial charge in [-0.15, -0.1) is 0 Å². The van der Waals surface area contributed by atoms with Gasteiger partial charge >= 0.3 is 0 Å². The van der Waals surface area contributed by atoms with E-state index in [-0.39, 0.29) is 12.4 Å². The van der Waals surface area contributed by atoms with E-state index >= 15 is 0 Å². The molecule has 3 heteroatoms. The zero-order chi connectivity index (χ0) is 10.1. The summed E-state index contributed by atoms with van der Waals surface area (Å²) < 4.78 is 15.1. The highest BCUT2D eigenvalue weighted by atomic mass is 19.1. The van der Waals surface area contributed by atoms with Gasteiger partial charge in [-0.25, -0.2) is 4.39 Å². The molecule has 0 atom stereocenters. The van der Waals surface area contributed by atoms with E-state index in [9.17, 15) is 9.18 Å². The Kier molecular flexibility index (Phi) is 2.08. The minimum Gasteiger partial charge on any atom is -0.340 e. The van der Waals surface area contributed by atoms with E-state index in [2.05, 4.69) is 0 Å². The van der Waals surface area contributed by atoms with Gasteiger partial charge in [0.2, 0.25) is 0 Å². The number of hydrogen-bond acceptors (Lipinski definition) is 1. The molecule has 0 spiro atoms. The second-order valence-electron chi connectivity index (χ2n) is 3.27. The first kappa shape index (κ1) is 8.94. The maximum absolute atomic E-state index is 13.4. The zero-order valence-electron chi connectivity index (χ0n) is 7.83. The van der Waals surface area contributed by atoms with Gasteiger partial charge in [-0.05, 0) is 24.6 Å². The highest BCUT2D eigenvalue weighted by Crippen LogP contribution is 2.23. The van der Waals surface area contributed by atoms with Crippen molar-refractivity contribution in [3.63, 3.8) is 0 Å². The minimum absolute atomic E-state index is 0.232. The second kappa shape index (κ2) is 3.25. The van der Waals surface area contributed by atoms with Crippen LogP contribution in [0.5, 0.6) is 0 Å². The highest BCUT2D eigenvalue weighted by Gasteiger charge is 2.08. The molecule has 1 aromatic heterocycles. The molecule has 1 aromatic carbocycles. The van der Waals surface area contributed by atoms with Crippen LogP contribution in [0.3, 0.4) is 0 Å². The molecule has 0 amide bonds. The van der Waals surface area contributed by atoms with Gasteiger partial charge in [-0.2, -0.15) is 0 Å². The predicted molar refractivity (Wildman–Crippen MR) is 52.7 cm³/mol. The van der Waals surface area contributed by atoms with E-state index in [1.54, 1.807) is 16.8 Å². The standard InChI is InChI=1S/C11H10FNO/c1-8-7-13(5-6-14)10-4-2-3-9(12)11(8)10/h2-4,6-7H,5H2,1H3. The Bertz CT molecular complexity index is 487. The number of carbonyl (C=O) groups excluding carboxylic acids is 1. The quantitative estimate of drug-likeness (QED) is 0.667. The number of rotatable bonds is 2.